The van der Waals surface area contributed by atoms with Gasteiger partial charge in [-0.15, -0.1) is 0 Å². The Balaban J connectivity index is 1.91. The topological polar surface area (TPSA) is 34.1 Å². The minimum atomic E-state index is -1.92. The van der Waals surface area contributed by atoms with Crippen molar-refractivity contribution in [3.63, 3.8) is 0 Å². The lowest BCUT2D eigenvalue weighted by atomic mass is 10.1. The molecule has 4 nitrogen and oxygen atoms in total. The molecule has 186 valence electrons. The highest BCUT2D eigenvalue weighted by Gasteiger charge is 2.38. The second-order valence-electron chi connectivity index (χ2n) is 10.5. The van der Waals surface area contributed by atoms with Gasteiger partial charge >= 0.3 is 0 Å². The molecule has 0 N–H and O–H groups in total. The summed E-state index contributed by atoms with van der Waals surface area (Å²) in [6.45, 7) is 13.7. The number of hydrogen-bond donors (Lipinski definition) is 0. The van der Waals surface area contributed by atoms with E-state index in [4.69, 9.17) is 14.2 Å². The zero-order valence-corrected chi connectivity index (χ0v) is 23.1. The van der Waals surface area contributed by atoms with Crippen LogP contribution >= 0.6 is 0 Å². The quantitative estimate of drug-likeness (QED) is 0.207. The van der Waals surface area contributed by atoms with E-state index in [-0.39, 0.29) is 11.1 Å². The van der Waals surface area contributed by atoms with Gasteiger partial charge in [-0.1, -0.05) is 81.4 Å². The predicted molar refractivity (Wildman–Crippen MR) is 150 cm³/mol. The molecule has 0 aromatic heterocycles. The fraction of sp³-hybridized carbons (Fsp3) is 0.367. The Morgan fingerprint density at radius 1 is 0.829 bits per heavy atom. The molecule has 0 aliphatic heterocycles. The van der Waals surface area contributed by atoms with Gasteiger partial charge in [0.2, 0.25) is 0 Å². The largest absolute Gasteiger partial charge is 0.497 e. The zero-order valence-electron chi connectivity index (χ0n) is 22.1. The SMILES string of the molecule is COc1ccc(N=C[C@@H](CO[Si](C)(C)C(C)(C)C)N(Cc2ccccc2)Cc2ccccc2)cc1. The average molecular weight is 489 g/mol. The fourth-order valence-corrected chi connectivity index (χ4v) is 4.54. The summed E-state index contributed by atoms with van der Waals surface area (Å²) >= 11 is 0. The maximum atomic E-state index is 6.72. The van der Waals surface area contributed by atoms with E-state index in [1.807, 2.05) is 24.3 Å². The van der Waals surface area contributed by atoms with Crippen molar-refractivity contribution in [3.05, 3.63) is 96.1 Å². The molecule has 3 rings (SSSR count). The molecule has 0 heterocycles. The monoisotopic (exact) mass is 488 g/mol. The van der Waals surface area contributed by atoms with Gasteiger partial charge in [0.25, 0.3) is 0 Å². The summed E-state index contributed by atoms with van der Waals surface area (Å²) in [5.41, 5.74) is 3.46. The van der Waals surface area contributed by atoms with E-state index in [2.05, 4.69) is 106 Å². The molecule has 3 aromatic rings. The van der Waals surface area contributed by atoms with Crippen LogP contribution in [0.5, 0.6) is 5.75 Å². The maximum Gasteiger partial charge on any atom is 0.192 e. The Bertz CT molecular complexity index is 1000. The average Bonchev–Trinajstić information content (AvgIpc) is 2.84. The zero-order chi connectivity index (χ0) is 25.3. The van der Waals surface area contributed by atoms with Crippen molar-refractivity contribution in [1.82, 2.24) is 4.90 Å². The summed E-state index contributed by atoms with van der Waals surface area (Å²) in [4.78, 5) is 7.33. The number of hydrogen-bond acceptors (Lipinski definition) is 4. The molecule has 0 radical (unpaired) electrons. The van der Waals surface area contributed by atoms with Gasteiger partial charge in [0, 0.05) is 19.3 Å². The maximum absolute atomic E-state index is 6.72. The van der Waals surface area contributed by atoms with Gasteiger partial charge in [0.1, 0.15) is 5.75 Å². The van der Waals surface area contributed by atoms with Crippen molar-refractivity contribution < 1.29 is 9.16 Å². The first-order chi connectivity index (χ1) is 16.7. The van der Waals surface area contributed by atoms with Crippen molar-refractivity contribution >= 4 is 20.2 Å². The lowest BCUT2D eigenvalue weighted by Crippen LogP contribution is -2.46. The number of nitrogens with zero attached hydrogens (tertiary/aromatic N) is 2. The van der Waals surface area contributed by atoms with Crippen molar-refractivity contribution in [2.24, 2.45) is 4.99 Å². The van der Waals surface area contributed by atoms with Crippen molar-refractivity contribution in [2.45, 2.75) is 58.0 Å². The Labute approximate surface area is 212 Å². The van der Waals surface area contributed by atoms with Crippen LogP contribution in [0.4, 0.5) is 5.69 Å². The molecule has 0 amide bonds. The first-order valence-electron chi connectivity index (χ1n) is 12.3. The molecule has 0 bridgehead atoms. The van der Waals surface area contributed by atoms with Gasteiger partial charge in [0.15, 0.2) is 8.32 Å². The van der Waals surface area contributed by atoms with Crippen LogP contribution < -0.4 is 4.74 Å². The first kappa shape index (κ1) is 26.9. The van der Waals surface area contributed by atoms with E-state index in [1.54, 1.807) is 7.11 Å². The van der Waals surface area contributed by atoms with Crippen LogP contribution in [0.3, 0.4) is 0 Å². The van der Waals surface area contributed by atoms with E-state index in [9.17, 15) is 0 Å². The standard InChI is InChI=1S/C30H40N2O2Si/c1-30(2,3)35(5,6)34-24-28(21-31-27-17-19-29(33-4)20-18-27)32(22-25-13-9-7-10-14-25)23-26-15-11-8-12-16-26/h7-21,28H,22-24H2,1-6H3/t28-/m0/s1. The lowest BCUT2D eigenvalue weighted by molar-refractivity contribution is 0.156. The summed E-state index contributed by atoms with van der Waals surface area (Å²) in [6, 6.07) is 29.1. The van der Waals surface area contributed by atoms with Gasteiger partial charge in [-0.2, -0.15) is 0 Å². The van der Waals surface area contributed by atoms with Gasteiger partial charge in [-0.3, -0.25) is 9.89 Å². The molecule has 0 saturated heterocycles. The third-order valence-corrected chi connectivity index (χ3v) is 11.3. The summed E-state index contributed by atoms with van der Waals surface area (Å²) in [6.07, 6.45) is 2.06. The summed E-state index contributed by atoms with van der Waals surface area (Å²) in [7, 11) is -0.245. The van der Waals surface area contributed by atoms with Crippen LogP contribution in [0, 0.1) is 0 Å². The summed E-state index contributed by atoms with van der Waals surface area (Å²) < 4.78 is 12.0. The van der Waals surface area contributed by atoms with E-state index >= 15 is 0 Å². The fourth-order valence-electron chi connectivity index (χ4n) is 3.52. The summed E-state index contributed by atoms with van der Waals surface area (Å²) in [5, 5.41) is 0.147. The predicted octanol–water partition coefficient (Wildman–Crippen LogP) is 7.49. The van der Waals surface area contributed by atoms with Crippen molar-refractivity contribution in [1.29, 1.82) is 0 Å². The molecular weight excluding hydrogens is 448 g/mol. The van der Waals surface area contributed by atoms with Crippen molar-refractivity contribution in [2.75, 3.05) is 13.7 Å². The Hall–Kier alpha value is -2.73. The number of benzene rings is 3. The van der Waals surface area contributed by atoms with Crippen LogP contribution in [0.1, 0.15) is 31.9 Å². The minimum absolute atomic E-state index is 0.0200. The van der Waals surface area contributed by atoms with E-state index in [0.717, 1.165) is 24.5 Å². The Kier molecular flexibility index (Phi) is 9.44. The summed E-state index contributed by atoms with van der Waals surface area (Å²) in [5.74, 6) is 0.830. The smallest absolute Gasteiger partial charge is 0.192 e. The molecule has 0 spiro atoms. The first-order valence-corrected chi connectivity index (χ1v) is 15.2. The molecule has 0 unspecified atom stereocenters. The molecule has 0 saturated carbocycles. The second kappa shape index (κ2) is 12.3. The van der Waals surface area contributed by atoms with Crippen molar-refractivity contribution in [3.8, 4) is 5.75 Å². The normalized spacial score (nSPS) is 13.3. The number of rotatable bonds is 11. The molecule has 3 aromatic carbocycles. The van der Waals surface area contributed by atoms with Crippen LogP contribution in [-0.4, -0.2) is 39.2 Å². The Morgan fingerprint density at radius 3 is 1.80 bits per heavy atom. The number of methoxy groups -OCH3 is 1. The molecule has 0 aliphatic carbocycles. The third-order valence-electron chi connectivity index (χ3n) is 6.82. The van der Waals surface area contributed by atoms with Crippen LogP contribution in [0.2, 0.25) is 18.1 Å². The molecule has 5 heteroatoms. The number of ether oxygens (including phenoxy) is 1. The van der Waals surface area contributed by atoms with E-state index < -0.39 is 8.32 Å². The van der Waals surface area contributed by atoms with Crippen LogP contribution in [0.25, 0.3) is 0 Å². The number of aliphatic imine (C=N–C) groups is 1. The highest BCUT2D eigenvalue weighted by atomic mass is 28.4. The van der Waals surface area contributed by atoms with E-state index in [0.29, 0.717) is 6.61 Å². The lowest BCUT2D eigenvalue weighted by Gasteiger charge is -2.38. The van der Waals surface area contributed by atoms with Gasteiger partial charge in [0.05, 0.1) is 25.4 Å². The highest BCUT2D eigenvalue weighted by molar-refractivity contribution is 6.74. The molecule has 0 fully saturated rings. The molecule has 35 heavy (non-hydrogen) atoms. The molecule has 1 atom stereocenters. The Morgan fingerprint density at radius 2 is 1.34 bits per heavy atom. The van der Waals surface area contributed by atoms with Gasteiger partial charge < -0.3 is 9.16 Å². The molecular formula is C30H40N2O2Si. The van der Waals surface area contributed by atoms with Crippen LogP contribution in [-0.2, 0) is 17.5 Å². The van der Waals surface area contributed by atoms with E-state index in [1.165, 1.54) is 11.1 Å². The second-order valence-corrected chi connectivity index (χ2v) is 15.3. The van der Waals surface area contributed by atoms with Gasteiger partial charge in [-0.05, 0) is 53.5 Å². The minimum Gasteiger partial charge on any atom is -0.497 e. The highest BCUT2D eigenvalue weighted by Crippen LogP contribution is 2.36. The molecule has 0 aliphatic rings. The van der Waals surface area contributed by atoms with Crippen LogP contribution in [0.15, 0.2) is 89.9 Å². The van der Waals surface area contributed by atoms with Gasteiger partial charge in [-0.25, -0.2) is 0 Å². The third kappa shape index (κ3) is 8.17.